The minimum atomic E-state index is -0.619. The van der Waals surface area contributed by atoms with Gasteiger partial charge in [-0.2, -0.15) is 0 Å². The fourth-order valence-corrected chi connectivity index (χ4v) is 2.96. The first kappa shape index (κ1) is 32.9. The van der Waals surface area contributed by atoms with Crippen molar-refractivity contribution >= 4 is 17.5 Å². The Morgan fingerprint density at radius 3 is 1.38 bits per heavy atom. The molecule has 0 radical (unpaired) electrons. The van der Waals surface area contributed by atoms with Crippen molar-refractivity contribution in [2.24, 2.45) is 16.6 Å². The molecular weight excluding hydrogens is 406 g/mol. The molecule has 0 saturated carbocycles. The minimum Gasteiger partial charge on any atom is -0.391 e. The van der Waals surface area contributed by atoms with E-state index in [-0.39, 0.29) is 29.1 Å². The highest BCUT2D eigenvalue weighted by Crippen LogP contribution is 2.21. The Morgan fingerprint density at radius 2 is 1.12 bits per heavy atom. The molecule has 0 fully saturated rings. The van der Waals surface area contributed by atoms with Gasteiger partial charge in [-0.3, -0.25) is 14.4 Å². The molecule has 1 amide bonds. The molecule has 0 aromatic carbocycles. The molecule has 0 bridgehead atoms. The second-order valence-electron chi connectivity index (χ2n) is 12.7. The summed E-state index contributed by atoms with van der Waals surface area (Å²) in [6.45, 7) is 24.9. The van der Waals surface area contributed by atoms with E-state index >= 15 is 0 Å². The maximum atomic E-state index is 12.2. The van der Waals surface area contributed by atoms with Crippen LogP contribution < -0.4 is 16.4 Å². The molecule has 7 nitrogen and oxygen atoms in total. The third-order valence-electron chi connectivity index (χ3n) is 4.48. The molecule has 0 saturated heterocycles. The molecule has 190 valence electrons. The summed E-state index contributed by atoms with van der Waals surface area (Å²) < 4.78 is 0. The molecule has 0 heterocycles. The average Bonchev–Trinajstić information content (AvgIpc) is 2.53. The van der Waals surface area contributed by atoms with Gasteiger partial charge in [0.15, 0.2) is 11.6 Å². The van der Waals surface area contributed by atoms with E-state index in [1.165, 1.54) is 0 Å². The number of rotatable bonds is 8. The maximum absolute atomic E-state index is 12.2. The predicted octanol–water partition coefficient (Wildman–Crippen LogP) is 3.36. The molecule has 3 unspecified atom stereocenters. The van der Waals surface area contributed by atoms with Gasteiger partial charge in [-0.15, -0.1) is 0 Å². The highest BCUT2D eigenvalue weighted by atomic mass is 16.3. The summed E-state index contributed by atoms with van der Waals surface area (Å²) in [7, 11) is 0. The zero-order chi connectivity index (χ0) is 26.3. The number of nitrogens with one attached hydrogen (secondary N) is 2. The number of primary amides is 1. The Bertz CT molecular complexity index is 617. The number of nitrogens with two attached hydrogens (primary N) is 1. The van der Waals surface area contributed by atoms with Crippen LogP contribution in [0.1, 0.15) is 103 Å². The largest absolute Gasteiger partial charge is 0.391 e. The SMILES string of the molecule is CC(C)(C)NC(CC(N)=O)C(=O)C(C)(C)C.CCC(O)C(NC(C)(C)C)C(=O)C(C)(C)C. The molecule has 7 heteroatoms. The summed E-state index contributed by atoms with van der Waals surface area (Å²) >= 11 is 0. The van der Waals surface area contributed by atoms with E-state index in [1.54, 1.807) is 0 Å². The van der Waals surface area contributed by atoms with Crippen LogP contribution in [0.3, 0.4) is 0 Å². The molecule has 0 aromatic rings. The number of ketones is 2. The number of hydrogen-bond acceptors (Lipinski definition) is 6. The quantitative estimate of drug-likeness (QED) is 0.443. The first-order chi connectivity index (χ1) is 13.9. The van der Waals surface area contributed by atoms with E-state index in [9.17, 15) is 19.5 Å². The molecule has 0 aliphatic carbocycles. The van der Waals surface area contributed by atoms with E-state index in [2.05, 4.69) is 10.6 Å². The van der Waals surface area contributed by atoms with Crippen LogP contribution in [0.4, 0.5) is 0 Å². The molecule has 32 heavy (non-hydrogen) atoms. The van der Waals surface area contributed by atoms with Crippen molar-refractivity contribution in [1.82, 2.24) is 10.6 Å². The van der Waals surface area contributed by atoms with E-state index < -0.39 is 34.9 Å². The third-order valence-corrected chi connectivity index (χ3v) is 4.48. The van der Waals surface area contributed by atoms with Crippen LogP contribution in [-0.4, -0.2) is 51.8 Å². The lowest BCUT2D eigenvalue weighted by atomic mass is 9.83. The highest BCUT2D eigenvalue weighted by Gasteiger charge is 2.36. The van der Waals surface area contributed by atoms with Gasteiger partial charge in [0.1, 0.15) is 0 Å². The molecule has 0 aliphatic rings. The van der Waals surface area contributed by atoms with Crippen LogP contribution in [-0.2, 0) is 14.4 Å². The van der Waals surface area contributed by atoms with Gasteiger partial charge in [0.25, 0.3) is 0 Å². The molecule has 0 aliphatic heterocycles. The second kappa shape index (κ2) is 12.2. The van der Waals surface area contributed by atoms with Gasteiger partial charge >= 0.3 is 0 Å². The zero-order valence-corrected chi connectivity index (χ0v) is 22.9. The van der Waals surface area contributed by atoms with Gasteiger partial charge in [-0.25, -0.2) is 0 Å². The molecule has 0 rings (SSSR count). The summed E-state index contributed by atoms with van der Waals surface area (Å²) in [5, 5.41) is 16.3. The van der Waals surface area contributed by atoms with E-state index in [4.69, 9.17) is 5.73 Å². The molecule has 3 atom stereocenters. The van der Waals surface area contributed by atoms with Gasteiger partial charge in [0.05, 0.1) is 18.2 Å². The monoisotopic (exact) mass is 457 g/mol. The topological polar surface area (TPSA) is 122 Å². The van der Waals surface area contributed by atoms with Crippen molar-refractivity contribution in [2.75, 3.05) is 0 Å². The fraction of sp³-hybridized carbons (Fsp3) is 0.880. The smallest absolute Gasteiger partial charge is 0.219 e. The van der Waals surface area contributed by atoms with E-state index in [0.29, 0.717) is 6.42 Å². The van der Waals surface area contributed by atoms with Crippen molar-refractivity contribution in [3.8, 4) is 0 Å². The summed E-state index contributed by atoms with van der Waals surface area (Å²) in [5.74, 6) is -0.377. The predicted molar refractivity (Wildman–Crippen MR) is 132 cm³/mol. The summed E-state index contributed by atoms with van der Waals surface area (Å²) in [6, 6.07) is -0.984. The van der Waals surface area contributed by atoms with Crippen molar-refractivity contribution in [2.45, 2.75) is 132 Å². The summed E-state index contributed by atoms with van der Waals surface area (Å²) in [4.78, 5) is 35.3. The minimum absolute atomic E-state index is 0.0150. The first-order valence-corrected chi connectivity index (χ1v) is 11.5. The Balaban J connectivity index is 0. The van der Waals surface area contributed by atoms with Crippen molar-refractivity contribution in [3.63, 3.8) is 0 Å². The molecule has 5 N–H and O–H groups in total. The Morgan fingerprint density at radius 1 is 0.750 bits per heavy atom. The number of carbonyl (C=O) groups is 3. The number of Topliss-reactive ketones (excluding diaryl/α,β-unsaturated/α-hetero) is 2. The van der Waals surface area contributed by atoms with Crippen molar-refractivity contribution in [3.05, 3.63) is 0 Å². The van der Waals surface area contributed by atoms with Crippen LogP contribution in [0.5, 0.6) is 0 Å². The summed E-state index contributed by atoms with van der Waals surface area (Å²) in [6.07, 6.45) is 0.00843. The number of amides is 1. The maximum Gasteiger partial charge on any atom is 0.219 e. The normalized spacial score (nSPS) is 15.8. The molecular formula is C25H51N3O4. The second-order valence-corrected chi connectivity index (χ2v) is 12.7. The van der Waals surface area contributed by atoms with Crippen LogP contribution in [0.2, 0.25) is 0 Å². The van der Waals surface area contributed by atoms with Crippen LogP contribution >= 0.6 is 0 Å². The average molecular weight is 458 g/mol. The zero-order valence-electron chi connectivity index (χ0n) is 22.9. The number of hydrogen-bond donors (Lipinski definition) is 4. The van der Waals surface area contributed by atoms with Gasteiger partial charge in [-0.1, -0.05) is 48.5 Å². The highest BCUT2D eigenvalue weighted by molar-refractivity contribution is 5.92. The Labute approximate surface area is 196 Å². The van der Waals surface area contributed by atoms with Gasteiger partial charge in [0, 0.05) is 28.3 Å². The fourth-order valence-electron chi connectivity index (χ4n) is 2.96. The lowest BCUT2D eigenvalue weighted by Gasteiger charge is -2.34. The van der Waals surface area contributed by atoms with Crippen LogP contribution in [0, 0.1) is 10.8 Å². The number of aliphatic hydroxyl groups excluding tert-OH is 1. The Kier molecular flexibility index (Phi) is 12.6. The van der Waals surface area contributed by atoms with E-state index in [0.717, 1.165) is 0 Å². The number of carbonyl (C=O) groups excluding carboxylic acids is 3. The summed E-state index contributed by atoms with van der Waals surface area (Å²) in [5.41, 5.74) is 3.86. The van der Waals surface area contributed by atoms with Crippen LogP contribution in [0.25, 0.3) is 0 Å². The van der Waals surface area contributed by atoms with Crippen molar-refractivity contribution < 1.29 is 19.5 Å². The lowest BCUT2D eigenvalue weighted by molar-refractivity contribution is -0.132. The van der Waals surface area contributed by atoms with E-state index in [1.807, 2.05) is 90.0 Å². The van der Waals surface area contributed by atoms with Crippen LogP contribution in [0.15, 0.2) is 0 Å². The third kappa shape index (κ3) is 14.7. The van der Waals surface area contributed by atoms with Gasteiger partial charge in [0.2, 0.25) is 5.91 Å². The standard InChI is InChI=1S/C13H27NO2.C12H24N2O2/c1-8-9(15)10(14-13(5,6)7)11(16)12(2,3)4;1-11(2,3)10(16)8(7-9(13)15)14-12(4,5)6/h9-10,14-15H,8H2,1-7H3;8,14H,7H2,1-6H3,(H2,13,15). The first-order valence-electron chi connectivity index (χ1n) is 11.5. The Hall–Kier alpha value is -1.31. The number of aliphatic hydroxyl groups is 1. The van der Waals surface area contributed by atoms with Gasteiger partial charge in [-0.05, 0) is 48.0 Å². The molecule has 0 aromatic heterocycles. The van der Waals surface area contributed by atoms with Gasteiger partial charge < -0.3 is 21.5 Å². The van der Waals surface area contributed by atoms with Crippen molar-refractivity contribution in [1.29, 1.82) is 0 Å². The lowest BCUT2D eigenvalue weighted by Crippen LogP contribution is -2.56. The molecule has 0 spiro atoms.